The van der Waals surface area contributed by atoms with Gasteiger partial charge in [-0.3, -0.25) is 19.3 Å². The van der Waals surface area contributed by atoms with Gasteiger partial charge in [0.05, 0.1) is 19.6 Å². The highest BCUT2D eigenvalue weighted by Gasteiger charge is 2.18. The lowest BCUT2D eigenvalue weighted by atomic mass is 10.4. The molecule has 1 saturated heterocycles. The summed E-state index contributed by atoms with van der Waals surface area (Å²) < 4.78 is 0.822. The first-order chi connectivity index (χ1) is 11.9. The number of halogens is 1. The Morgan fingerprint density at radius 2 is 1.88 bits per heavy atom. The van der Waals surface area contributed by atoms with Crippen molar-refractivity contribution in [2.75, 3.05) is 45.1 Å². The van der Waals surface area contributed by atoms with Crippen LogP contribution in [0, 0.1) is 0 Å². The first-order valence-corrected chi connectivity index (χ1v) is 8.88. The van der Waals surface area contributed by atoms with E-state index in [-0.39, 0.29) is 37.4 Å². The highest BCUT2D eigenvalue weighted by atomic mass is 79.9. The van der Waals surface area contributed by atoms with Gasteiger partial charge in [0.1, 0.15) is 5.82 Å². The summed E-state index contributed by atoms with van der Waals surface area (Å²) in [6.07, 6.45) is 3.62. The molecule has 0 unspecified atom stereocenters. The van der Waals surface area contributed by atoms with Crippen LogP contribution >= 0.6 is 15.9 Å². The molecule has 1 aromatic heterocycles. The molecular weight excluding hydrogens is 390 g/mol. The molecule has 1 aromatic rings. The zero-order valence-electron chi connectivity index (χ0n) is 14.1. The predicted octanol–water partition coefficient (Wildman–Crippen LogP) is 0.453. The van der Waals surface area contributed by atoms with Gasteiger partial charge in [0.15, 0.2) is 0 Å². The van der Waals surface area contributed by atoms with Gasteiger partial charge in [0.2, 0.25) is 17.7 Å². The minimum atomic E-state index is -0.287. The number of rotatable bonds is 7. The molecule has 1 aliphatic heterocycles. The second-order valence-electron chi connectivity index (χ2n) is 5.95. The number of likely N-dealkylation sites (tertiary alicyclic amines) is 1. The van der Waals surface area contributed by atoms with E-state index in [1.54, 1.807) is 35.2 Å². The Bertz CT molecular complexity index is 617. The lowest BCUT2D eigenvalue weighted by Crippen LogP contribution is -2.43. The highest BCUT2D eigenvalue weighted by Crippen LogP contribution is 2.10. The number of amides is 3. The molecule has 1 aliphatic rings. The molecule has 0 atom stereocenters. The first kappa shape index (κ1) is 19.3. The number of aromatic nitrogens is 1. The van der Waals surface area contributed by atoms with Crippen molar-refractivity contribution in [1.29, 1.82) is 0 Å². The number of pyridine rings is 1. The van der Waals surface area contributed by atoms with Gasteiger partial charge in [-0.05, 0) is 48.0 Å². The number of hydrogen-bond donors (Lipinski definition) is 2. The van der Waals surface area contributed by atoms with Gasteiger partial charge in [-0.1, -0.05) is 0 Å². The molecule has 0 spiro atoms. The maximum absolute atomic E-state index is 11.9. The van der Waals surface area contributed by atoms with E-state index in [2.05, 4.69) is 31.5 Å². The third-order valence-electron chi connectivity index (χ3n) is 3.72. The van der Waals surface area contributed by atoms with Crippen molar-refractivity contribution >= 4 is 39.5 Å². The van der Waals surface area contributed by atoms with Crippen molar-refractivity contribution in [3.8, 4) is 0 Å². The molecule has 25 heavy (non-hydrogen) atoms. The van der Waals surface area contributed by atoms with Gasteiger partial charge in [0, 0.05) is 23.8 Å². The Kier molecular flexibility index (Phi) is 7.32. The molecule has 0 saturated carbocycles. The highest BCUT2D eigenvalue weighted by molar-refractivity contribution is 9.10. The fraction of sp³-hybridized carbons (Fsp3) is 0.500. The second-order valence-corrected chi connectivity index (χ2v) is 6.86. The number of nitrogens with one attached hydrogen (secondary N) is 2. The fourth-order valence-corrected chi connectivity index (χ4v) is 2.72. The van der Waals surface area contributed by atoms with E-state index in [1.807, 2.05) is 0 Å². The van der Waals surface area contributed by atoms with E-state index < -0.39 is 0 Å². The summed E-state index contributed by atoms with van der Waals surface area (Å²) in [7, 11) is 1.66. The lowest BCUT2D eigenvalue weighted by Gasteiger charge is -2.18. The second kappa shape index (κ2) is 9.47. The van der Waals surface area contributed by atoms with Gasteiger partial charge in [-0.25, -0.2) is 4.98 Å². The van der Waals surface area contributed by atoms with Gasteiger partial charge < -0.3 is 15.5 Å². The lowest BCUT2D eigenvalue weighted by molar-refractivity contribution is -0.132. The van der Waals surface area contributed by atoms with Crippen LogP contribution < -0.4 is 10.6 Å². The van der Waals surface area contributed by atoms with E-state index in [4.69, 9.17) is 0 Å². The molecule has 8 nitrogen and oxygen atoms in total. The van der Waals surface area contributed by atoms with Crippen LogP contribution in [-0.4, -0.2) is 72.3 Å². The maximum atomic E-state index is 11.9. The minimum Gasteiger partial charge on any atom is -0.346 e. The van der Waals surface area contributed by atoms with Crippen LogP contribution in [0.4, 0.5) is 5.82 Å². The van der Waals surface area contributed by atoms with Crippen molar-refractivity contribution in [1.82, 2.24) is 20.1 Å². The Morgan fingerprint density at radius 1 is 1.20 bits per heavy atom. The van der Waals surface area contributed by atoms with Crippen LogP contribution in [0.15, 0.2) is 22.8 Å². The number of carbonyl (C=O) groups is 3. The largest absolute Gasteiger partial charge is 0.346 e. The molecule has 2 rings (SSSR count). The van der Waals surface area contributed by atoms with Crippen molar-refractivity contribution in [2.24, 2.45) is 0 Å². The van der Waals surface area contributed by atoms with Gasteiger partial charge in [-0.2, -0.15) is 0 Å². The quantitative estimate of drug-likeness (QED) is 0.679. The van der Waals surface area contributed by atoms with Crippen LogP contribution in [0.3, 0.4) is 0 Å². The summed E-state index contributed by atoms with van der Waals surface area (Å²) in [5, 5.41) is 5.25. The SMILES string of the molecule is CN(CC(=O)NCC(=O)N1CCCC1)CC(=O)Nc1ccc(Br)cn1. The summed E-state index contributed by atoms with van der Waals surface area (Å²) in [6, 6.07) is 3.45. The summed E-state index contributed by atoms with van der Waals surface area (Å²) in [5.74, 6) is -0.169. The standard InChI is InChI=1S/C16H22BrN5O3/c1-21(11-15(24)20-13-5-4-12(17)8-18-13)10-14(23)19-9-16(25)22-6-2-3-7-22/h4-5,8H,2-3,6-7,9-11H2,1H3,(H,19,23)(H,18,20,24). The molecule has 0 aliphatic carbocycles. The summed E-state index contributed by atoms with van der Waals surface area (Å²) >= 11 is 3.27. The summed E-state index contributed by atoms with van der Waals surface area (Å²) in [4.78, 5) is 43.1. The van der Waals surface area contributed by atoms with Crippen molar-refractivity contribution in [3.05, 3.63) is 22.8 Å². The Labute approximate surface area is 155 Å². The molecule has 3 amide bonds. The fourth-order valence-electron chi connectivity index (χ4n) is 2.49. The third-order valence-corrected chi connectivity index (χ3v) is 4.19. The zero-order valence-corrected chi connectivity index (χ0v) is 15.7. The Morgan fingerprint density at radius 3 is 2.52 bits per heavy atom. The van der Waals surface area contributed by atoms with E-state index in [0.717, 1.165) is 30.4 Å². The molecule has 2 heterocycles. The number of likely N-dealkylation sites (N-methyl/N-ethyl adjacent to an activating group) is 1. The Balaban J connectivity index is 1.66. The third kappa shape index (κ3) is 6.79. The van der Waals surface area contributed by atoms with E-state index in [1.165, 1.54) is 0 Å². The van der Waals surface area contributed by atoms with Crippen molar-refractivity contribution in [3.63, 3.8) is 0 Å². The smallest absolute Gasteiger partial charge is 0.241 e. The number of nitrogens with zero attached hydrogens (tertiary/aromatic N) is 3. The molecule has 136 valence electrons. The van der Waals surface area contributed by atoms with Crippen LogP contribution in [0.25, 0.3) is 0 Å². The van der Waals surface area contributed by atoms with Crippen LogP contribution in [-0.2, 0) is 14.4 Å². The van der Waals surface area contributed by atoms with E-state index >= 15 is 0 Å². The van der Waals surface area contributed by atoms with E-state index in [0.29, 0.717) is 5.82 Å². The summed E-state index contributed by atoms with van der Waals surface area (Å²) in [6.45, 7) is 1.61. The van der Waals surface area contributed by atoms with Gasteiger partial charge in [-0.15, -0.1) is 0 Å². The molecule has 1 fully saturated rings. The number of carbonyl (C=O) groups excluding carboxylic acids is 3. The molecule has 2 N–H and O–H groups in total. The zero-order chi connectivity index (χ0) is 18.2. The predicted molar refractivity (Wildman–Crippen MR) is 96.9 cm³/mol. The first-order valence-electron chi connectivity index (χ1n) is 8.08. The van der Waals surface area contributed by atoms with Crippen LogP contribution in [0.2, 0.25) is 0 Å². The molecule has 0 radical (unpaired) electrons. The maximum Gasteiger partial charge on any atom is 0.241 e. The average molecular weight is 412 g/mol. The van der Waals surface area contributed by atoms with E-state index in [9.17, 15) is 14.4 Å². The monoisotopic (exact) mass is 411 g/mol. The van der Waals surface area contributed by atoms with Crippen molar-refractivity contribution in [2.45, 2.75) is 12.8 Å². The van der Waals surface area contributed by atoms with Crippen molar-refractivity contribution < 1.29 is 14.4 Å². The molecular formula is C16H22BrN5O3. The normalized spacial score (nSPS) is 13.8. The molecule has 0 aromatic carbocycles. The summed E-state index contributed by atoms with van der Waals surface area (Å²) in [5.41, 5.74) is 0. The van der Waals surface area contributed by atoms with Crippen LogP contribution in [0.1, 0.15) is 12.8 Å². The molecule has 0 bridgehead atoms. The van der Waals surface area contributed by atoms with Gasteiger partial charge >= 0.3 is 0 Å². The minimum absolute atomic E-state index is 0.00167. The number of anilines is 1. The number of hydrogen-bond acceptors (Lipinski definition) is 5. The Hall–Kier alpha value is -2.00. The molecule has 9 heteroatoms. The van der Waals surface area contributed by atoms with Gasteiger partial charge in [0.25, 0.3) is 0 Å². The average Bonchev–Trinajstić information content (AvgIpc) is 3.09. The van der Waals surface area contributed by atoms with Crippen LogP contribution in [0.5, 0.6) is 0 Å². The topological polar surface area (TPSA) is 94.6 Å².